The number of carbonyl (C=O) groups excluding carboxylic acids is 2. The van der Waals surface area contributed by atoms with Crippen LogP contribution in [0.1, 0.15) is 30.3 Å². The van der Waals surface area contributed by atoms with Gasteiger partial charge in [0.2, 0.25) is 5.91 Å². The summed E-state index contributed by atoms with van der Waals surface area (Å²) in [5, 5.41) is 2.99. The summed E-state index contributed by atoms with van der Waals surface area (Å²) in [7, 11) is 0. The largest absolute Gasteiger partial charge is 0.459 e. The zero-order valence-corrected chi connectivity index (χ0v) is 14.4. The number of hydrogen-bond donors (Lipinski definition) is 1. The SMILES string of the molecule is CCCC(=O)Nc1ccccc1N1CCN(C(=O)c2ccco2)CC1. The molecule has 0 radical (unpaired) electrons. The van der Waals surface area contributed by atoms with Gasteiger partial charge in [-0.3, -0.25) is 9.59 Å². The number of nitrogens with one attached hydrogen (secondary N) is 1. The van der Waals surface area contributed by atoms with Crippen LogP contribution in [0.15, 0.2) is 47.1 Å². The number of piperazine rings is 1. The Bertz CT molecular complexity index is 719. The van der Waals surface area contributed by atoms with Crippen LogP contribution in [0.4, 0.5) is 11.4 Å². The molecule has 1 N–H and O–H groups in total. The summed E-state index contributed by atoms with van der Waals surface area (Å²) in [6.45, 7) is 4.66. The van der Waals surface area contributed by atoms with Gasteiger partial charge in [0, 0.05) is 32.6 Å². The number of rotatable bonds is 5. The summed E-state index contributed by atoms with van der Waals surface area (Å²) in [6.07, 6.45) is 2.85. The van der Waals surface area contributed by atoms with Gasteiger partial charge >= 0.3 is 0 Å². The molecule has 0 bridgehead atoms. The van der Waals surface area contributed by atoms with Gasteiger partial charge in [-0.05, 0) is 30.7 Å². The summed E-state index contributed by atoms with van der Waals surface area (Å²) < 4.78 is 5.19. The monoisotopic (exact) mass is 341 g/mol. The molecule has 1 saturated heterocycles. The second kappa shape index (κ2) is 7.88. The lowest BCUT2D eigenvalue weighted by Gasteiger charge is -2.36. The normalized spacial score (nSPS) is 14.4. The minimum atomic E-state index is -0.0748. The molecule has 0 atom stereocenters. The first-order valence-corrected chi connectivity index (χ1v) is 8.65. The standard InChI is InChI=1S/C19H23N3O3/c1-2-6-18(23)20-15-7-3-4-8-16(15)21-10-12-22(13-11-21)19(24)17-9-5-14-25-17/h3-5,7-9,14H,2,6,10-13H2,1H3,(H,20,23). The molecule has 6 heteroatoms. The maximum atomic E-state index is 12.3. The lowest BCUT2D eigenvalue weighted by Crippen LogP contribution is -2.48. The van der Waals surface area contributed by atoms with E-state index in [0.29, 0.717) is 38.4 Å². The molecule has 1 aromatic heterocycles. The summed E-state index contributed by atoms with van der Waals surface area (Å²) >= 11 is 0. The Morgan fingerprint density at radius 3 is 2.52 bits per heavy atom. The molecule has 1 aliphatic heterocycles. The molecule has 1 fully saturated rings. The molecule has 0 aliphatic carbocycles. The second-order valence-corrected chi connectivity index (χ2v) is 6.07. The Balaban J connectivity index is 1.65. The average molecular weight is 341 g/mol. The van der Waals surface area contributed by atoms with E-state index in [-0.39, 0.29) is 11.8 Å². The molecule has 3 rings (SSSR count). The van der Waals surface area contributed by atoms with Crippen molar-refractivity contribution in [3.05, 3.63) is 48.4 Å². The first kappa shape index (κ1) is 17.1. The summed E-state index contributed by atoms with van der Waals surface area (Å²) in [4.78, 5) is 28.3. The van der Waals surface area contributed by atoms with Crippen LogP contribution >= 0.6 is 0 Å². The van der Waals surface area contributed by atoms with Gasteiger partial charge in [-0.1, -0.05) is 19.1 Å². The Kier molecular flexibility index (Phi) is 5.38. The minimum Gasteiger partial charge on any atom is -0.459 e. The van der Waals surface area contributed by atoms with Crippen molar-refractivity contribution in [1.29, 1.82) is 0 Å². The van der Waals surface area contributed by atoms with Crippen LogP contribution in [-0.2, 0) is 4.79 Å². The second-order valence-electron chi connectivity index (χ2n) is 6.07. The first-order valence-electron chi connectivity index (χ1n) is 8.65. The van der Waals surface area contributed by atoms with E-state index < -0.39 is 0 Å². The van der Waals surface area contributed by atoms with Crippen LogP contribution in [0.2, 0.25) is 0 Å². The fourth-order valence-corrected chi connectivity index (χ4v) is 3.00. The van der Waals surface area contributed by atoms with Crippen molar-refractivity contribution in [2.75, 3.05) is 36.4 Å². The molecule has 25 heavy (non-hydrogen) atoms. The van der Waals surface area contributed by atoms with Crippen molar-refractivity contribution >= 4 is 23.2 Å². The summed E-state index contributed by atoms with van der Waals surface area (Å²) in [5.41, 5.74) is 1.82. The topological polar surface area (TPSA) is 65.8 Å². The van der Waals surface area contributed by atoms with Gasteiger partial charge < -0.3 is 19.5 Å². The van der Waals surface area contributed by atoms with Crippen LogP contribution in [0.5, 0.6) is 0 Å². The lowest BCUT2D eigenvalue weighted by atomic mass is 10.2. The van der Waals surface area contributed by atoms with Crippen LogP contribution in [0, 0.1) is 0 Å². The van der Waals surface area contributed by atoms with E-state index in [1.807, 2.05) is 31.2 Å². The smallest absolute Gasteiger partial charge is 0.289 e. The predicted molar refractivity (Wildman–Crippen MR) is 96.8 cm³/mol. The zero-order chi connectivity index (χ0) is 17.6. The van der Waals surface area contributed by atoms with Crippen LogP contribution in [0.25, 0.3) is 0 Å². The molecular weight excluding hydrogens is 318 g/mol. The van der Waals surface area contributed by atoms with Gasteiger partial charge in [-0.15, -0.1) is 0 Å². The molecule has 6 nitrogen and oxygen atoms in total. The van der Waals surface area contributed by atoms with Crippen LogP contribution in [0.3, 0.4) is 0 Å². The Morgan fingerprint density at radius 1 is 1.08 bits per heavy atom. The number of carbonyl (C=O) groups is 2. The summed E-state index contributed by atoms with van der Waals surface area (Å²) in [6, 6.07) is 11.2. The van der Waals surface area contributed by atoms with Crippen molar-refractivity contribution in [3.8, 4) is 0 Å². The number of para-hydroxylation sites is 2. The fourth-order valence-electron chi connectivity index (χ4n) is 3.00. The van der Waals surface area contributed by atoms with Crippen LogP contribution in [-0.4, -0.2) is 42.9 Å². The third kappa shape index (κ3) is 4.02. The number of amides is 2. The van der Waals surface area contributed by atoms with Gasteiger partial charge in [0.05, 0.1) is 17.6 Å². The Morgan fingerprint density at radius 2 is 1.84 bits per heavy atom. The predicted octanol–water partition coefficient (Wildman–Crippen LogP) is 2.98. The van der Waals surface area contributed by atoms with Gasteiger partial charge in [0.1, 0.15) is 0 Å². The molecule has 1 aliphatic rings. The molecule has 0 saturated carbocycles. The molecule has 132 valence electrons. The van der Waals surface area contributed by atoms with E-state index in [9.17, 15) is 9.59 Å². The van der Waals surface area contributed by atoms with E-state index in [4.69, 9.17) is 4.42 Å². The van der Waals surface area contributed by atoms with Crippen molar-refractivity contribution < 1.29 is 14.0 Å². The van der Waals surface area contributed by atoms with E-state index in [1.165, 1.54) is 6.26 Å². The van der Waals surface area contributed by atoms with Gasteiger partial charge in [-0.25, -0.2) is 0 Å². The molecule has 0 unspecified atom stereocenters. The van der Waals surface area contributed by atoms with Crippen molar-refractivity contribution in [1.82, 2.24) is 4.90 Å². The third-order valence-corrected chi connectivity index (χ3v) is 4.29. The van der Waals surface area contributed by atoms with E-state index in [1.54, 1.807) is 17.0 Å². The highest BCUT2D eigenvalue weighted by Crippen LogP contribution is 2.27. The maximum absolute atomic E-state index is 12.3. The lowest BCUT2D eigenvalue weighted by molar-refractivity contribution is -0.116. The average Bonchev–Trinajstić information content (AvgIpc) is 3.17. The third-order valence-electron chi connectivity index (χ3n) is 4.29. The van der Waals surface area contributed by atoms with Crippen molar-refractivity contribution in [2.24, 2.45) is 0 Å². The number of benzene rings is 1. The van der Waals surface area contributed by atoms with Crippen molar-refractivity contribution in [3.63, 3.8) is 0 Å². The summed E-state index contributed by atoms with van der Waals surface area (Å²) in [5.74, 6) is 0.330. The number of nitrogens with zero attached hydrogens (tertiary/aromatic N) is 2. The maximum Gasteiger partial charge on any atom is 0.289 e. The highest BCUT2D eigenvalue weighted by molar-refractivity contribution is 5.94. The molecule has 2 amide bonds. The van der Waals surface area contributed by atoms with Gasteiger partial charge in [0.25, 0.3) is 5.91 Å². The van der Waals surface area contributed by atoms with E-state index in [0.717, 1.165) is 17.8 Å². The first-order chi connectivity index (χ1) is 12.2. The molecular formula is C19H23N3O3. The van der Waals surface area contributed by atoms with Gasteiger partial charge in [-0.2, -0.15) is 0 Å². The van der Waals surface area contributed by atoms with Crippen LogP contribution < -0.4 is 10.2 Å². The number of anilines is 2. The highest BCUT2D eigenvalue weighted by Gasteiger charge is 2.24. The van der Waals surface area contributed by atoms with E-state index in [2.05, 4.69) is 10.2 Å². The molecule has 2 aromatic rings. The van der Waals surface area contributed by atoms with E-state index >= 15 is 0 Å². The molecule has 0 spiro atoms. The Labute approximate surface area is 147 Å². The molecule has 2 heterocycles. The quantitative estimate of drug-likeness (QED) is 0.908. The zero-order valence-electron chi connectivity index (χ0n) is 14.4. The number of hydrogen-bond acceptors (Lipinski definition) is 4. The Hall–Kier alpha value is -2.76. The van der Waals surface area contributed by atoms with Gasteiger partial charge in [0.15, 0.2) is 5.76 Å². The molecule has 1 aromatic carbocycles. The number of furan rings is 1. The minimum absolute atomic E-state index is 0.0292. The van der Waals surface area contributed by atoms with Crippen molar-refractivity contribution in [2.45, 2.75) is 19.8 Å². The fraction of sp³-hybridized carbons (Fsp3) is 0.368. The highest BCUT2D eigenvalue weighted by atomic mass is 16.3.